The Kier molecular flexibility index (Phi) is 7.55. The first-order valence-electron chi connectivity index (χ1n) is 11.8. The van der Waals surface area contributed by atoms with Gasteiger partial charge in [0.05, 0.1) is 4.90 Å². The molecule has 2 aromatic carbocycles. The highest BCUT2D eigenvalue weighted by molar-refractivity contribution is 7.89. The van der Waals surface area contributed by atoms with Crippen LogP contribution in [0, 0.1) is 0 Å². The first kappa shape index (κ1) is 23.6. The van der Waals surface area contributed by atoms with Gasteiger partial charge in [0.15, 0.2) is 6.10 Å². The van der Waals surface area contributed by atoms with Crippen molar-refractivity contribution in [2.24, 2.45) is 0 Å². The summed E-state index contributed by atoms with van der Waals surface area (Å²) in [7, 11) is -3.58. The number of ether oxygens (including phenoxy) is 1. The molecule has 0 unspecified atom stereocenters. The van der Waals surface area contributed by atoms with Crippen molar-refractivity contribution in [3.63, 3.8) is 0 Å². The summed E-state index contributed by atoms with van der Waals surface area (Å²) in [6.45, 7) is 3.90. The van der Waals surface area contributed by atoms with E-state index in [0.29, 0.717) is 31.9 Å². The molecule has 1 saturated heterocycles. The van der Waals surface area contributed by atoms with Crippen LogP contribution in [0.1, 0.15) is 39.0 Å². The normalized spacial score (nSPS) is 19.1. The van der Waals surface area contributed by atoms with Crippen LogP contribution in [-0.2, 0) is 14.8 Å². The number of anilines is 1. The third-order valence-corrected chi connectivity index (χ3v) is 8.37. The molecular formula is C25H33N3O4S. The maximum absolute atomic E-state index is 13.1. The summed E-state index contributed by atoms with van der Waals surface area (Å²) < 4.78 is 33.5. The van der Waals surface area contributed by atoms with Gasteiger partial charge in [0, 0.05) is 37.9 Å². The molecule has 2 aromatic rings. The molecule has 2 fully saturated rings. The molecule has 1 N–H and O–H groups in total. The predicted octanol–water partition coefficient (Wildman–Crippen LogP) is 3.41. The van der Waals surface area contributed by atoms with Gasteiger partial charge in [-0.25, -0.2) is 8.42 Å². The van der Waals surface area contributed by atoms with Crippen molar-refractivity contribution in [3.8, 4) is 5.75 Å². The summed E-state index contributed by atoms with van der Waals surface area (Å²) in [4.78, 5) is 14.9. The third-order valence-electron chi connectivity index (χ3n) is 6.46. The van der Waals surface area contributed by atoms with Gasteiger partial charge in [-0.3, -0.25) is 4.79 Å². The van der Waals surface area contributed by atoms with E-state index in [1.807, 2.05) is 30.3 Å². The van der Waals surface area contributed by atoms with E-state index >= 15 is 0 Å². The molecular weight excluding hydrogens is 438 g/mol. The molecule has 7 nitrogen and oxygen atoms in total. The van der Waals surface area contributed by atoms with Crippen LogP contribution >= 0.6 is 0 Å². The van der Waals surface area contributed by atoms with Crippen molar-refractivity contribution in [1.82, 2.24) is 9.62 Å². The Labute approximate surface area is 196 Å². The van der Waals surface area contributed by atoms with E-state index in [-0.39, 0.29) is 16.8 Å². The van der Waals surface area contributed by atoms with Crippen LogP contribution in [0.4, 0.5) is 5.69 Å². The molecule has 4 rings (SSSR count). The van der Waals surface area contributed by atoms with E-state index in [2.05, 4.69) is 10.2 Å². The SMILES string of the molecule is C[C@H](Oc1ccc(S(=O)(=O)N2CCN(c3ccccc3)CC2)cc1)C(=O)NC1CCCCC1. The number of nitrogens with zero attached hydrogens (tertiary/aromatic N) is 2. The summed E-state index contributed by atoms with van der Waals surface area (Å²) >= 11 is 0. The molecule has 1 aliphatic heterocycles. The highest BCUT2D eigenvalue weighted by atomic mass is 32.2. The number of nitrogens with one attached hydrogen (secondary N) is 1. The summed E-state index contributed by atoms with van der Waals surface area (Å²) in [6, 6.07) is 16.6. The lowest BCUT2D eigenvalue weighted by molar-refractivity contribution is -0.128. The Morgan fingerprint density at radius 2 is 1.58 bits per heavy atom. The molecule has 1 amide bonds. The molecule has 2 aliphatic rings. The smallest absolute Gasteiger partial charge is 0.260 e. The summed E-state index contributed by atoms with van der Waals surface area (Å²) in [5.41, 5.74) is 1.11. The first-order valence-corrected chi connectivity index (χ1v) is 13.2. The van der Waals surface area contributed by atoms with Crippen molar-refractivity contribution in [3.05, 3.63) is 54.6 Å². The average Bonchev–Trinajstić information content (AvgIpc) is 2.85. The van der Waals surface area contributed by atoms with Crippen molar-refractivity contribution in [2.45, 2.75) is 56.1 Å². The third kappa shape index (κ3) is 5.86. The van der Waals surface area contributed by atoms with Gasteiger partial charge < -0.3 is 15.0 Å². The van der Waals surface area contributed by atoms with Crippen LogP contribution in [0.25, 0.3) is 0 Å². The van der Waals surface area contributed by atoms with Crippen LogP contribution in [0.5, 0.6) is 5.75 Å². The zero-order valence-electron chi connectivity index (χ0n) is 19.2. The second-order valence-corrected chi connectivity index (χ2v) is 10.7. The maximum Gasteiger partial charge on any atom is 0.260 e. The lowest BCUT2D eigenvalue weighted by atomic mass is 9.95. The Hall–Kier alpha value is -2.58. The first-order chi connectivity index (χ1) is 15.9. The molecule has 0 radical (unpaired) electrons. The number of hydrogen-bond acceptors (Lipinski definition) is 5. The fraction of sp³-hybridized carbons (Fsp3) is 0.480. The van der Waals surface area contributed by atoms with Crippen LogP contribution in [0.15, 0.2) is 59.5 Å². The molecule has 178 valence electrons. The number of benzene rings is 2. The number of sulfonamides is 1. The molecule has 1 heterocycles. The number of hydrogen-bond donors (Lipinski definition) is 1. The highest BCUT2D eigenvalue weighted by Gasteiger charge is 2.29. The van der Waals surface area contributed by atoms with Crippen molar-refractivity contribution in [2.75, 3.05) is 31.1 Å². The van der Waals surface area contributed by atoms with Gasteiger partial charge in [0.25, 0.3) is 5.91 Å². The van der Waals surface area contributed by atoms with Gasteiger partial charge in [-0.2, -0.15) is 4.31 Å². The summed E-state index contributed by atoms with van der Waals surface area (Å²) in [5, 5.41) is 3.06. The molecule has 0 spiro atoms. The molecule has 0 bridgehead atoms. The second kappa shape index (κ2) is 10.6. The van der Waals surface area contributed by atoms with Gasteiger partial charge in [-0.1, -0.05) is 37.5 Å². The molecule has 1 aliphatic carbocycles. The lowest BCUT2D eigenvalue weighted by Gasteiger charge is -2.35. The Balaban J connectivity index is 1.32. The van der Waals surface area contributed by atoms with E-state index in [4.69, 9.17) is 4.74 Å². The van der Waals surface area contributed by atoms with Gasteiger partial charge >= 0.3 is 0 Å². The second-order valence-electron chi connectivity index (χ2n) is 8.80. The molecule has 1 atom stereocenters. The summed E-state index contributed by atoms with van der Waals surface area (Å²) in [5.74, 6) is 0.351. The van der Waals surface area contributed by atoms with E-state index in [9.17, 15) is 13.2 Å². The monoisotopic (exact) mass is 471 g/mol. The number of carbonyl (C=O) groups is 1. The van der Waals surface area contributed by atoms with Gasteiger partial charge in [-0.15, -0.1) is 0 Å². The predicted molar refractivity (Wildman–Crippen MR) is 129 cm³/mol. The Morgan fingerprint density at radius 1 is 0.939 bits per heavy atom. The molecule has 8 heteroatoms. The Bertz CT molecular complexity index is 1010. The minimum atomic E-state index is -3.58. The Morgan fingerprint density at radius 3 is 2.21 bits per heavy atom. The van der Waals surface area contributed by atoms with E-state index < -0.39 is 16.1 Å². The van der Waals surface area contributed by atoms with E-state index in [1.165, 1.54) is 10.7 Å². The number of amides is 1. The van der Waals surface area contributed by atoms with Gasteiger partial charge in [-0.05, 0) is 56.2 Å². The lowest BCUT2D eigenvalue weighted by Crippen LogP contribution is -2.48. The number of carbonyl (C=O) groups excluding carboxylic acids is 1. The highest BCUT2D eigenvalue weighted by Crippen LogP contribution is 2.23. The average molecular weight is 472 g/mol. The van der Waals surface area contributed by atoms with Crippen molar-refractivity contribution in [1.29, 1.82) is 0 Å². The standard InChI is InChI=1S/C25H33N3O4S/c1-20(25(29)26-21-8-4-2-5-9-21)32-23-12-14-24(15-13-23)33(30,31)28-18-16-27(17-19-28)22-10-6-3-7-11-22/h3,6-7,10-15,20-21H,2,4-5,8-9,16-19H2,1H3,(H,26,29)/t20-/m0/s1. The van der Waals surface area contributed by atoms with E-state index in [0.717, 1.165) is 31.4 Å². The van der Waals surface area contributed by atoms with Crippen LogP contribution in [0.3, 0.4) is 0 Å². The zero-order valence-corrected chi connectivity index (χ0v) is 20.0. The van der Waals surface area contributed by atoms with Crippen molar-refractivity contribution < 1.29 is 17.9 Å². The quantitative estimate of drug-likeness (QED) is 0.670. The fourth-order valence-electron chi connectivity index (χ4n) is 4.49. The zero-order chi connectivity index (χ0) is 23.3. The maximum atomic E-state index is 13.1. The fourth-order valence-corrected chi connectivity index (χ4v) is 5.91. The molecule has 33 heavy (non-hydrogen) atoms. The molecule has 0 aromatic heterocycles. The number of piperazine rings is 1. The van der Waals surface area contributed by atoms with Gasteiger partial charge in [0.2, 0.25) is 10.0 Å². The van der Waals surface area contributed by atoms with Crippen LogP contribution in [-0.4, -0.2) is 57.0 Å². The van der Waals surface area contributed by atoms with Crippen LogP contribution in [0.2, 0.25) is 0 Å². The number of para-hydroxylation sites is 1. The number of rotatable bonds is 7. The topological polar surface area (TPSA) is 79.0 Å². The van der Waals surface area contributed by atoms with Crippen molar-refractivity contribution >= 4 is 21.6 Å². The van der Waals surface area contributed by atoms with E-state index in [1.54, 1.807) is 31.2 Å². The minimum absolute atomic E-state index is 0.130. The van der Waals surface area contributed by atoms with Gasteiger partial charge in [0.1, 0.15) is 5.75 Å². The largest absolute Gasteiger partial charge is 0.481 e. The minimum Gasteiger partial charge on any atom is -0.481 e. The summed E-state index contributed by atoms with van der Waals surface area (Å²) in [6.07, 6.45) is 4.93. The van der Waals surface area contributed by atoms with Crippen LogP contribution < -0.4 is 15.0 Å². The molecule has 1 saturated carbocycles.